The van der Waals surface area contributed by atoms with Gasteiger partial charge in [-0.05, 0) is 24.4 Å². The largest absolute Gasteiger partial charge is 0.465 e. The van der Waals surface area contributed by atoms with Gasteiger partial charge in [0, 0.05) is 46.6 Å². The molecule has 1 aromatic carbocycles. The molecule has 0 spiro atoms. The van der Waals surface area contributed by atoms with E-state index in [1.54, 1.807) is 10.8 Å². The van der Waals surface area contributed by atoms with Gasteiger partial charge in [-0.3, -0.25) is 14.6 Å². The fourth-order valence-corrected chi connectivity index (χ4v) is 4.82. The highest BCUT2D eigenvalue weighted by Gasteiger charge is 2.28. The standard InChI is InChI=1S/C24H36N4O4Si/c1-33(2,3)14-13-32-19-27-16-21(25-23(27)18-29)17-28(24(30)31)22-9-11-26(12-10-22)15-20-7-5-4-6-8-20/h4-8,16,18,22H,9-15,17,19H2,1-3H3,(H,30,31). The van der Waals surface area contributed by atoms with Crippen LogP contribution in [0.4, 0.5) is 4.79 Å². The Morgan fingerprint density at radius 3 is 2.55 bits per heavy atom. The fraction of sp³-hybridized carbons (Fsp3) is 0.542. The highest BCUT2D eigenvalue weighted by atomic mass is 28.3. The number of carboxylic acid groups (broad SMARTS) is 1. The molecule has 1 aromatic heterocycles. The Balaban J connectivity index is 1.56. The van der Waals surface area contributed by atoms with Crippen molar-refractivity contribution in [2.24, 2.45) is 0 Å². The number of carbonyl (C=O) groups excluding carboxylic acids is 1. The zero-order chi connectivity index (χ0) is 23.8. The molecule has 0 bridgehead atoms. The lowest BCUT2D eigenvalue weighted by Gasteiger charge is -2.37. The van der Waals surface area contributed by atoms with Gasteiger partial charge in [-0.25, -0.2) is 9.78 Å². The molecule has 33 heavy (non-hydrogen) atoms. The normalized spacial score (nSPS) is 15.5. The molecule has 1 amide bonds. The van der Waals surface area contributed by atoms with Crippen LogP contribution in [0.3, 0.4) is 0 Å². The van der Waals surface area contributed by atoms with Gasteiger partial charge in [0.05, 0.1) is 12.2 Å². The molecule has 0 atom stereocenters. The van der Waals surface area contributed by atoms with E-state index in [-0.39, 0.29) is 25.1 Å². The summed E-state index contributed by atoms with van der Waals surface area (Å²) >= 11 is 0. The number of aldehydes is 1. The van der Waals surface area contributed by atoms with Crippen LogP contribution in [0, 0.1) is 0 Å². The first-order chi connectivity index (χ1) is 15.7. The van der Waals surface area contributed by atoms with Crippen LogP contribution < -0.4 is 0 Å². The predicted molar refractivity (Wildman–Crippen MR) is 130 cm³/mol. The van der Waals surface area contributed by atoms with Crippen LogP contribution in [0.1, 0.15) is 34.7 Å². The van der Waals surface area contributed by atoms with Crippen LogP contribution >= 0.6 is 0 Å². The van der Waals surface area contributed by atoms with E-state index in [4.69, 9.17) is 4.74 Å². The molecule has 0 aliphatic carbocycles. The van der Waals surface area contributed by atoms with Crippen LogP contribution in [-0.4, -0.2) is 70.6 Å². The van der Waals surface area contributed by atoms with Crippen molar-refractivity contribution >= 4 is 20.5 Å². The second-order valence-electron chi connectivity index (χ2n) is 9.93. The Hall–Kier alpha value is -2.49. The van der Waals surface area contributed by atoms with E-state index in [1.807, 2.05) is 18.2 Å². The molecule has 2 heterocycles. The van der Waals surface area contributed by atoms with E-state index in [0.717, 1.165) is 38.5 Å². The van der Waals surface area contributed by atoms with Crippen molar-refractivity contribution < 1.29 is 19.4 Å². The van der Waals surface area contributed by atoms with Gasteiger partial charge >= 0.3 is 6.09 Å². The second-order valence-corrected chi connectivity index (χ2v) is 15.6. The molecule has 8 nitrogen and oxygen atoms in total. The van der Waals surface area contributed by atoms with E-state index in [1.165, 1.54) is 10.5 Å². The SMILES string of the molecule is C[Si](C)(C)CCOCn1cc(CN(C(=O)O)C2CCN(Cc3ccccc3)CC2)nc1C=O. The summed E-state index contributed by atoms with van der Waals surface area (Å²) in [6.07, 6.45) is 3.03. The third-order valence-electron chi connectivity index (χ3n) is 6.01. The molecule has 0 unspecified atom stereocenters. The van der Waals surface area contributed by atoms with Crippen LogP contribution in [0.2, 0.25) is 25.7 Å². The number of likely N-dealkylation sites (tertiary alicyclic amines) is 1. The lowest BCUT2D eigenvalue weighted by molar-refractivity contribution is 0.0819. The van der Waals surface area contributed by atoms with Crippen LogP contribution in [0.15, 0.2) is 36.5 Å². The van der Waals surface area contributed by atoms with Crippen molar-refractivity contribution in [1.29, 1.82) is 0 Å². The Morgan fingerprint density at radius 1 is 1.24 bits per heavy atom. The molecule has 1 fully saturated rings. The third-order valence-corrected chi connectivity index (χ3v) is 7.72. The van der Waals surface area contributed by atoms with Gasteiger partial charge in [0.15, 0.2) is 12.1 Å². The molecule has 1 aliphatic rings. The number of nitrogens with zero attached hydrogens (tertiary/aromatic N) is 4. The Bertz CT molecular complexity index is 905. The Morgan fingerprint density at radius 2 is 1.94 bits per heavy atom. The number of benzene rings is 1. The summed E-state index contributed by atoms with van der Waals surface area (Å²) in [5, 5.41) is 9.86. The summed E-state index contributed by atoms with van der Waals surface area (Å²) in [6, 6.07) is 11.3. The maximum Gasteiger partial charge on any atom is 0.407 e. The maximum absolute atomic E-state index is 12.0. The molecule has 2 aromatic rings. The lowest BCUT2D eigenvalue weighted by atomic mass is 10.0. The van der Waals surface area contributed by atoms with Gasteiger partial charge in [0.25, 0.3) is 0 Å². The van der Waals surface area contributed by atoms with E-state index < -0.39 is 14.2 Å². The fourth-order valence-electron chi connectivity index (χ4n) is 4.06. The average molecular weight is 473 g/mol. The average Bonchev–Trinajstić information content (AvgIpc) is 3.17. The van der Waals surface area contributed by atoms with Crippen molar-refractivity contribution in [2.45, 2.75) is 64.4 Å². The number of amides is 1. The quantitative estimate of drug-likeness (QED) is 0.300. The van der Waals surface area contributed by atoms with Crippen molar-refractivity contribution in [3.8, 4) is 0 Å². The summed E-state index contributed by atoms with van der Waals surface area (Å²) in [4.78, 5) is 31.7. The van der Waals surface area contributed by atoms with E-state index >= 15 is 0 Å². The summed E-state index contributed by atoms with van der Waals surface area (Å²) in [6.45, 7) is 10.5. The number of rotatable bonds is 11. The first-order valence-corrected chi connectivity index (χ1v) is 15.3. The highest BCUT2D eigenvalue weighted by Crippen LogP contribution is 2.21. The van der Waals surface area contributed by atoms with E-state index in [2.05, 4.69) is 41.7 Å². The Kier molecular flexibility index (Phi) is 8.82. The number of hydrogen-bond acceptors (Lipinski definition) is 5. The maximum atomic E-state index is 12.0. The van der Waals surface area contributed by atoms with Crippen LogP contribution in [-0.2, 0) is 24.6 Å². The summed E-state index contributed by atoms with van der Waals surface area (Å²) in [5.74, 6) is 0.265. The molecule has 1 saturated heterocycles. The van der Waals surface area contributed by atoms with E-state index in [9.17, 15) is 14.7 Å². The van der Waals surface area contributed by atoms with Gasteiger partial charge in [-0.2, -0.15) is 0 Å². The third kappa shape index (κ3) is 7.80. The van der Waals surface area contributed by atoms with Crippen molar-refractivity contribution in [3.63, 3.8) is 0 Å². The molecular formula is C24H36N4O4Si. The van der Waals surface area contributed by atoms with Crippen LogP contribution in [0.25, 0.3) is 0 Å². The number of ether oxygens (including phenoxy) is 1. The van der Waals surface area contributed by atoms with Gasteiger partial charge < -0.3 is 14.4 Å². The monoisotopic (exact) mass is 472 g/mol. The van der Waals surface area contributed by atoms with Gasteiger partial charge in [0.2, 0.25) is 0 Å². The molecule has 1 N–H and O–H groups in total. The molecule has 1 aliphatic heterocycles. The molecule has 3 rings (SSSR count). The number of aromatic nitrogens is 2. The van der Waals surface area contributed by atoms with Gasteiger partial charge in [0.1, 0.15) is 6.73 Å². The first kappa shape index (κ1) is 25.1. The minimum absolute atomic E-state index is 0.0626. The minimum Gasteiger partial charge on any atom is -0.465 e. The summed E-state index contributed by atoms with van der Waals surface area (Å²) in [7, 11) is -1.19. The van der Waals surface area contributed by atoms with Crippen molar-refractivity contribution in [3.05, 3.63) is 53.6 Å². The number of carbonyl (C=O) groups is 2. The molecular weight excluding hydrogens is 436 g/mol. The lowest BCUT2D eigenvalue weighted by Crippen LogP contribution is -2.46. The van der Waals surface area contributed by atoms with Gasteiger partial charge in [-0.1, -0.05) is 50.0 Å². The predicted octanol–water partition coefficient (Wildman–Crippen LogP) is 4.15. The van der Waals surface area contributed by atoms with Gasteiger partial charge in [-0.15, -0.1) is 0 Å². The topological polar surface area (TPSA) is 87.9 Å². The molecule has 0 radical (unpaired) electrons. The number of imidazole rings is 1. The Labute approximate surface area is 197 Å². The van der Waals surface area contributed by atoms with Crippen molar-refractivity contribution in [1.82, 2.24) is 19.4 Å². The molecule has 9 heteroatoms. The molecule has 0 saturated carbocycles. The smallest absolute Gasteiger partial charge is 0.407 e. The highest BCUT2D eigenvalue weighted by molar-refractivity contribution is 6.76. The number of hydrogen-bond donors (Lipinski definition) is 1. The number of piperidine rings is 1. The van der Waals surface area contributed by atoms with Crippen LogP contribution in [0.5, 0.6) is 0 Å². The summed E-state index contributed by atoms with van der Waals surface area (Å²) in [5.41, 5.74) is 1.84. The van der Waals surface area contributed by atoms with Crippen molar-refractivity contribution in [2.75, 3.05) is 19.7 Å². The zero-order valence-electron chi connectivity index (χ0n) is 19.9. The zero-order valence-corrected chi connectivity index (χ0v) is 20.9. The molecule has 180 valence electrons. The summed E-state index contributed by atoms with van der Waals surface area (Å²) < 4.78 is 7.41. The minimum atomic E-state index is -1.19. The van der Waals surface area contributed by atoms with E-state index in [0.29, 0.717) is 18.6 Å². The first-order valence-electron chi connectivity index (χ1n) is 11.6. The second kappa shape index (κ2) is 11.6.